The molecule has 2 rings (SSSR count). The Balaban J connectivity index is 2.26. The lowest BCUT2D eigenvalue weighted by Crippen LogP contribution is -2.26. The van der Waals surface area contributed by atoms with E-state index in [1.54, 1.807) is 49.1 Å². The van der Waals surface area contributed by atoms with Gasteiger partial charge >= 0.3 is 5.97 Å². The van der Waals surface area contributed by atoms with E-state index in [-0.39, 0.29) is 5.69 Å². The fourth-order valence-corrected chi connectivity index (χ4v) is 1.79. The molecule has 6 heteroatoms. The number of nitrogens with zero attached hydrogens (tertiary/aromatic N) is 3. The summed E-state index contributed by atoms with van der Waals surface area (Å²) in [6.45, 7) is 3.80. The van der Waals surface area contributed by atoms with Gasteiger partial charge in [0.15, 0.2) is 0 Å². The fourth-order valence-electron chi connectivity index (χ4n) is 1.79. The molecule has 2 aromatic rings. The zero-order valence-corrected chi connectivity index (χ0v) is 11.7. The first-order chi connectivity index (χ1) is 9.39. The molecule has 0 unspecified atom stereocenters. The van der Waals surface area contributed by atoms with Gasteiger partial charge in [-0.1, -0.05) is 6.07 Å². The van der Waals surface area contributed by atoms with Gasteiger partial charge in [-0.2, -0.15) is 5.10 Å². The normalized spacial score (nSPS) is 11.4. The molecule has 2 heterocycles. The van der Waals surface area contributed by atoms with E-state index in [1.165, 1.54) is 7.11 Å². The van der Waals surface area contributed by atoms with Crippen molar-refractivity contribution in [3.63, 3.8) is 0 Å². The summed E-state index contributed by atoms with van der Waals surface area (Å²) in [5, 5.41) is 13.9. The van der Waals surface area contributed by atoms with Gasteiger partial charge in [0, 0.05) is 11.8 Å². The van der Waals surface area contributed by atoms with Crippen LogP contribution in [0.1, 0.15) is 24.3 Å². The van der Waals surface area contributed by atoms with Crippen molar-refractivity contribution in [3.8, 4) is 11.3 Å². The minimum Gasteiger partial charge on any atom is -0.464 e. The number of aromatic nitrogens is 3. The van der Waals surface area contributed by atoms with Crippen LogP contribution >= 0.6 is 0 Å². The first-order valence-corrected chi connectivity index (χ1v) is 6.19. The van der Waals surface area contributed by atoms with E-state index in [1.807, 2.05) is 0 Å². The van der Waals surface area contributed by atoms with Crippen LogP contribution in [0.3, 0.4) is 0 Å². The SMILES string of the molecule is COC(=O)c1cccc(-c2cnn(CC(C)(C)O)c2)n1. The molecule has 0 aliphatic rings. The molecule has 2 aromatic heterocycles. The molecule has 0 saturated heterocycles. The van der Waals surface area contributed by atoms with Crippen molar-refractivity contribution < 1.29 is 14.6 Å². The summed E-state index contributed by atoms with van der Waals surface area (Å²) in [5.74, 6) is -0.476. The Morgan fingerprint density at radius 3 is 2.85 bits per heavy atom. The van der Waals surface area contributed by atoms with Crippen molar-refractivity contribution in [2.75, 3.05) is 7.11 Å². The predicted molar refractivity (Wildman–Crippen MR) is 73.1 cm³/mol. The van der Waals surface area contributed by atoms with Crippen molar-refractivity contribution in [2.45, 2.75) is 26.0 Å². The summed E-state index contributed by atoms with van der Waals surface area (Å²) in [6, 6.07) is 5.12. The van der Waals surface area contributed by atoms with Crippen molar-refractivity contribution in [1.82, 2.24) is 14.8 Å². The second kappa shape index (κ2) is 5.42. The van der Waals surface area contributed by atoms with Gasteiger partial charge in [0.1, 0.15) is 5.69 Å². The van der Waals surface area contributed by atoms with Crippen LogP contribution in [0.5, 0.6) is 0 Å². The van der Waals surface area contributed by atoms with Crippen LogP contribution in [-0.2, 0) is 11.3 Å². The molecule has 0 bridgehead atoms. The molecule has 0 radical (unpaired) electrons. The first-order valence-electron chi connectivity index (χ1n) is 6.19. The summed E-state index contributed by atoms with van der Waals surface area (Å²) in [6.07, 6.45) is 3.43. The minimum atomic E-state index is -0.843. The maximum atomic E-state index is 11.5. The third kappa shape index (κ3) is 3.42. The van der Waals surface area contributed by atoms with Crippen molar-refractivity contribution >= 4 is 5.97 Å². The Labute approximate surface area is 117 Å². The molecule has 0 spiro atoms. The van der Waals surface area contributed by atoms with Crippen molar-refractivity contribution in [1.29, 1.82) is 0 Å². The predicted octanol–water partition coefficient (Wildman–Crippen LogP) is 1.50. The van der Waals surface area contributed by atoms with Crippen LogP contribution in [0.25, 0.3) is 11.3 Å². The van der Waals surface area contributed by atoms with E-state index in [9.17, 15) is 9.90 Å². The molecule has 6 nitrogen and oxygen atoms in total. The highest BCUT2D eigenvalue weighted by Gasteiger charge is 2.15. The molecule has 106 valence electrons. The van der Waals surface area contributed by atoms with Gasteiger partial charge in [-0.3, -0.25) is 4.68 Å². The number of methoxy groups -OCH3 is 1. The Kier molecular flexibility index (Phi) is 3.85. The minimum absolute atomic E-state index is 0.250. The average Bonchev–Trinajstić information content (AvgIpc) is 2.84. The molecule has 0 fully saturated rings. The van der Waals surface area contributed by atoms with Crippen LogP contribution in [0.4, 0.5) is 0 Å². The van der Waals surface area contributed by atoms with Crippen LogP contribution in [0.15, 0.2) is 30.6 Å². The second-order valence-corrected chi connectivity index (χ2v) is 5.14. The highest BCUT2D eigenvalue weighted by atomic mass is 16.5. The van der Waals surface area contributed by atoms with Crippen molar-refractivity contribution in [2.24, 2.45) is 0 Å². The number of pyridine rings is 1. The molecule has 20 heavy (non-hydrogen) atoms. The zero-order chi connectivity index (χ0) is 14.8. The van der Waals surface area contributed by atoms with Gasteiger partial charge in [-0.05, 0) is 26.0 Å². The number of carbonyl (C=O) groups is 1. The lowest BCUT2D eigenvalue weighted by molar-refractivity contribution is 0.0575. The van der Waals surface area contributed by atoms with Gasteiger partial charge in [-0.25, -0.2) is 9.78 Å². The standard InChI is InChI=1S/C14H17N3O3/c1-14(2,19)9-17-8-10(7-15-17)11-5-4-6-12(16-11)13(18)20-3/h4-8,19H,9H2,1-3H3. The number of ether oxygens (including phenoxy) is 1. The highest BCUT2D eigenvalue weighted by molar-refractivity contribution is 5.87. The lowest BCUT2D eigenvalue weighted by Gasteiger charge is -2.16. The molecular weight excluding hydrogens is 258 g/mol. The van der Waals surface area contributed by atoms with E-state index >= 15 is 0 Å². The third-order valence-corrected chi connectivity index (χ3v) is 2.62. The Morgan fingerprint density at radius 2 is 2.20 bits per heavy atom. The molecule has 0 aliphatic heterocycles. The summed E-state index contributed by atoms with van der Waals surface area (Å²) in [7, 11) is 1.32. The second-order valence-electron chi connectivity index (χ2n) is 5.14. The van der Waals surface area contributed by atoms with Crippen molar-refractivity contribution in [3.05, 3.63) is 36.3 Å². The maximum absolute atomic E-state index is 11.5. The summed E-state index contributed by atoms with van der Waals surface area (Å²) in [5.41, 5.74) is 0.819. The number of carbonyl (C=O) groups excluding carboxylic acids is 1. The van der Waals surface area contributed by atoms with Crippen LogP contribution in [0, 0.1) is 0 Å². The topological polar surface area (TPSA) is 77.2 Å². The number of hydrogen-bond acceptors (Lipinski definition) is 5. The number of esters is 1. The number of hydrogen-bond donors (Lipinski definition) is 1. The Hall–Kier alpha value is -2.21. The van der Waals surface area contributed by atoms with Gasteiger partial charge in [0.2, 0.25) is 0 Å². The van der Waals surface area contributed by atoms with E-state index in [0.717, 1.165) is 5.56 Å². The summed E-state index contributed by atoms with van der Waals surface area (Å²) >= 11 is 0. The molecule has 0 saturated carbocycles. The fraction of sp³-hybridized carbons (Fsp3) is 0.357. The summed E-state index contributed by atoms with van der Waals surface area (Å²) < 4.78 is 6.28. The monoisotopic (exact) mass is 275 g/mol. The van der Waals surface area contributed by atoms with E-state index in [2.05, 4.69) is 14.8 Å². The first kappa shape index (κ1) is 14.2. The molecule has 0 aliphatic carbocycles. The van der Waals surface area contributed by atoms with Gasteiger partial charge < -0.3 is 9.84 Å². The third-order valence-electron chi connectivity index (χ3n) is 2.62. The largest absolute Gasteiger partial charge is 0.464 e. The van der Waals surface area contributed by atoms with Crippen LogP contribution in [-0.4, -0.2) is 38.6 Å². The summed E-state index contributed by atoms with van der Waals surface area (Å²) in [4.78, 5) is 15.7. The Bertz CT molecular complexity index is 614. The van der Waals surface area contributed by atoms with Gasteiger partial charge in [0.05, 0.1) is 31.1 Å². The van der Waals surface area contributed by atoms with E-state index in [4.69, 9.17) is 0 Å². The number of aliphatic hydroxyl groups is 1. The lowest BCUT2D eigenvalue weighted by atomic mass is 10.1. The van der Waals surface area contributed by atoms with Gasteiger partial charge in [0.25, 0.3) is 0 Å². The molecular formula is C14H17N3O3. The molecule has 0 amide bonds. The smallest absolute Gasteiger partial charge is 0.356 e. The maximum Gasteiger partial charge on any atom is 0.356 e. The number of rotatable bonds is 4. The molecule has 0 aromatic carbocycles. The molecule has 1 N–H and O–H groups in total. The van der Waals surface area contributed by atoms with Gasteiger partial charge in [-0.15, -0.1) is 0 Å². The van der Waals surface area contributed by atoms with Crippen LogP contribution < -0.4 is 0 Å². The average molecular weight is 275 g/mol. The van der Waals surface area contributed by atoms with E-state index in [0.29, 0.717) is 12.2 Å². The zero-order valence-electron chi connectivity index (χ0n) is 11.7. The Morgan fingerprint density at radius 1 is 1.45 bits per heavy atom. The van der Waals surface area contributed by atoms with E-state index < -0.39 is 11.6 Å². The molecule has 0 atom stereocenters. The van der Waals surface area contributed by atoms with Crippen LogP contribution in [0.2, 0.25) is 0 Å². The highest BCUT2D eigenvalue weighted by Crippen LogP contribution is 2.17. The quantitative estimate of drug-likeness (QED) is 0.856.